The summed E-state index contributed by atoms with van der Waals surface area (Å²) in [5.41, 5.74) is 1.62. The Morgan fingerprint density at radius 1 is 1.07 bits per heavy atom. The highest BCUT2D eigenvalue weighted by Gasteiger charge is 2.33. The molecule has 12 heteroatoms. The largest absolute Gasteiger partial charge is 0.488 e. The van der Waals surface area contributed by atoms with Crippen LogP contribution in [0.4, 0.5) is 16.2 Å². The van der Waals surface area contributed by atoms with Gasteiger partial charge in [-0.15, -0.1) is 0 Å². The molecular weight excluding hydrogens is 628 g/mol. The first kappa shape index (κ1) is 33.2. The van der Waals surface area contributed by atoms with E-state index in [0.717, 1.165) is 10.8 Å². The van der Waals surface area contributed by atoms with Crippen molar-refractivity contribution in [2.75, 3.05) is 37.4 Å². The molecule has 3 amide bonds. The fourth-order valence-corrected chi connectivity index (χ4v) is 6.79. The Hall–Kier alpha value is -4.16. The zero-order chi connectivity index (χ0) is 33.0. The molecule has 5 rings (SSSR count). The van der Waals surface area contributed by atoms with Gasteiger partial charge in [-0.1, -0.05) is 54.9 Å². The first-order chi connectivity index (χ1) is 22.0. The van der Waals surface area contributed by atoms with Crippen molar-refractivity contribution in [2.24, 2.45) is 5.92 Å². The highest BCUT2D eigenvalue weighted by atomic mass is 35.5. The quantitative estimate of drug-likeness (QED) is 0.225. The van der Waals surface area contributed by atoms with Crippen LogP contribution in [0, 0.1) is 5.92 Å². The van der Waals surface area contributed by atoms with Crippen LogP contribution in [-0.4, -0.2) is 73.6 Å². The zero-order valence-corrected chi connectivity index (χ0v) is 27.4. The van der Waals surface area contributed by atoms with Gasteiger partial charge in [0.15, 0.2) is 0 Å². The van der Waals surface area contributed by atoms with Crippen molar-refractivity contribution >= 4 is 55.7 Å². The minimum absolute atomic E-state index is 0.00541. The van der Waals surface area contributed by atoms with Crippen molar-refractivity contribution in [3.05, 3.63) is 95.5 Å². The van der Waals surface area contributed by atoms with E-state index in [9.17, 15) is 23.1 Å². The van der Waals surface area contributed by atoms with Gasteiger partial charge in [0.05, 0.1) is 36.2 Å². The van der Waals surface area contributed by atoms with Gasteiger partial charge in [-0.05, 0) is 60.8 Å². The molecule has 1 heterocycles. The Kier molecular flexibility index (Phi) is 10.2. The number of amides is 3. The summed E-state index contributed by atoms with van der Waals surface area (Å²) in [5.74, 6) is -0.129. The lowest BCUT2D eigenvalue weighted by atomic mass is 10.0. The van der Waals surface area contributed by atoms with Gasteiger partial charge in [-0.25, -0.2) is 13.2 Å². The van der Waals surface area contributed by atoms with E-state index < -0.39 is 28.2 Å². The SMILES string of the molecule is C[C@H]1CN([C@@H](C)CO)C(=O)Cc2cc(NC(=O)Nc3cccc4ccccc34)ccc2O[C@@H]1CN(C)S(=O)(=O)c1ccc(Cl)cc1. The average Bonchev–Trinajstić information content (AvgIpc) is 3.08. The second-order valence-electron chi connectivity index (χ2n) is 11.6. The van der Waals surface area contributed by atoms with Crippen LogP contribution in [0.15, 0.2) is 89.8 Å². The van der Waals surface area contributed by atoms with Crippen LogP contribution >= 0.6 is 11.6 Å². The maximum absolute atomic E-state index is 13.6. The number of ether oxygens (including phenoxy) is 1. The topological polar surface area (TPSA) is 128 Å². The molecule has 0 saturated heterocycles. The Morgan fingerprint density at radius 3 is 2.52 bits per heavy atom. The fourth-order valence-electron chi connectivity index (χ4n) is 5.48. The van der Waals surface area contributed by atoms with E-state index in [0.29, 0.717) is 27.7 Å². The van der Waals surface area contributed by atoms with Gasteiger partial charge in [0.2, 0.25) is 15.9 Å². The number of anilines is 2. The number of halogens is 1. The van der Waals surface area contributed by atoms with Crippen molar-refractivity contribution < 1.29 is 27.9 Å². The van der Waals surface area contributed by atoms with Gasteiger partial charge in [-0.3, -0.25) is 4.79 Å². The number of sulfonamides is 1. The fraction of sp³-hybridized carbons (Fsp3) is 0.294. The lowest BCUT2D eigenvalue weighted by molar-refractivity contribution is -0.134. The summed E-state index contributed by atoms with van der Waals surface area (Å²) in [6.07, 6.45) is -0.697. The normalized spacial score (nSPS) is 17.8. The van der Waals surface area contributed by atoms with E-state index in [4.69, 9.17) is 16.3 Å². The number of aliphatic hydroxyl groups excluding tert-OH is 1. The van der Waals surface area contributed by atoms with Crippen molar-refractivity contribution in [2.45, 2.75) is 37.3 Å². The molecule has 0 unspecified atom stereocenters. The Morgan fingerprint density at radius 2 is 1.78 bits per heavy atom. The minimum atomic E-state index is -3.87. The van der Waals surface area contributed by atoms with E-state index in [-0.39, 0.29) is 42.8 Å². The van der Waals surface area contributed by atoms with E-state index in [1.807, 2.05) is 49.4 Å². The average molecular weight is 665 g/mol. The smallest absolute Gasteiger partial charge is 0.323 e. The number of urea groups is 1. The summed E-state index contributed by atoms with van der Waals surface area (Å²) in [7, 11) is -2.39. The second kappa shape index (κ2) is 14.1. The number of nitrogens with zero attached hydrogens (tertiary/aromatic N) is 2. The summed E-state index contributed by atoms with van der Waals surface area (Å²) >= 11 is 5.97. The number of hydrogen-bond acceptors (Lipinski definition) is 6. The van der Waals surface area contributed by atoms with Crippen LogP contribution in [0.3, 0.4) is 0 Å². The highest BCUT2D eigenvalue weighted by molar-refractivity contribution is 7.89. The lowest BCUT2D eigenvalue weighted by Gasteiger charge is -2.33. The molecule has 3 N–H and O–H groups in total. The first-order valence-corrected chi connectivity index (χ1v) is 16.8. The molecule has 0 aromatic heterocycles. The molecule has 0 radical (unpaired) electrons. The van der Waals surface area contributed by atoms with Crippen molar-refractivity contribution in [3.63, 3.8) is 0 Å². The summed E-state index contributed by atoms with van der Waals surface area (Å²) in [5, 5.41) is 18.0. The van der Waals surface area contributed by atoms with Gasteiger partial charge in [0.25, 0.3) is 0 Å². The number of fused-ring (bicyclic) bond motifs is 2. The summed E-state index contributed by atoms with van der Waals surface area (Å²) < 4.78 is 34.5. The van der Waals surface area contributed by atoms with E-state index in [1.165, 1.54) is 35.6 Å². The van der Waals surface area contributed by atoms with Crippen LogP contribution in [0.5, 0.6) is 5.75 Å². The number of hydrogen-bond donors (Lipinski definition) is 3. The molecule has 4 aromatic carbocycles. The standard InChI is InChI=1S/C34H37ClN4O6S/c1-22-19-39(23(2)21-40)33(41)18-25-17-27(36-34(42)37-30-10-6-8-24-7-4-5-9-29(24)30)13-16-31(25)45-32(22)20-38(3)46(43,44)28-14-11-26(35)12-15-28/h4-17,22-23,32,40H,18-21H2,1-3H3,(H2,36,37,42)/t22-,23-,32+/m0/s1. The molecule has 46 heavy (non-hydrogen) atoms. The van der Waals surface area contributed by atoms with E-state index in [1.54, 1.807) is 30.0 Å². The molecule has 0 spiro atoms. The molecule has 0 aliphatic carbocycles. The molecule has 242 valence electrons. The van der Waals surface area contributed by atoms with Gasteiger partial charge < -0.3 is 25.4 Å². The molecular formula is C34H37ClN4O6S. The maximum Gasteiger partial charge on any atom is 0.323 e. The number of benzene rings is 4. The van der Waals surface area contributed by atoms with Gasteiger partial charge in [-0.2, -0.15) is 4.31 Å². The van der Waals surface area contributed by atoms with Crippen LogP contribution in [-0.2, 0) is 21.2 Å². The number of aliphatic hydroxyl groups is 1. The third-order valence-corrected chi connectivity index (χ3v) is 10.3. The maximum atomic E-state index is 13.6. The summed E-state index contributed by atoms with van der Waals surface area (Å²) in [6, 6.07) is 23.4. The number of rotatable bonds is 8. The Balaban J connectivity index is 1.41. The molecule has 10 nitrogen and oxygen atoms in total. The molecule has 0 bridgehead atoms. The van der Waals surface area contributed by atoms with Crippen molar-refractivity contribution in [3.8, 4) is 5.75 Å². The van der Waals surface area contributed by atoms with E-state index >= 15 is 0 Å². The second-order valence-corrected chi connectivity index (χ2v) is 14.0. The summed E-state index contributed by atoms with van der Waals surface area (Å²) in [6.45, 7) is 3.64. The van der Waals surface area contributed by atoms with Crippen LogP contribution in [0.2, 0.25) is 5.02 Å². The molecule has 1 aliphatic rings. The number of likely N-dealkylation sites (N-methyl/N-ethyl adjacent to an activating group) is 1. The molecule has 0 fully saturated rings. The van der Waals surface area contributed by atoms with Crippen LogP contribution in [0.25, 0.3) is 10.8 Å². The highest BCUT2D eigenvalue weighted by Crippen LogP contribution is 2.30. The van der Waals surface area contributed by atoms with Gasteiger partial charge in [0, 0.05) is 41.2 Å². The van der Waals surface area contributed by atoms with Gasteiger partial charge >= 0.3 is 6.03 Å². The number of nitrogens with one attached hydrogen (secondary N) is 2. The zero-order valence-electron chi connectivity index (χ0n) is 25.8. The molecule has 4 aromatic rings. The predicted molar refractivity (Wildman–Crippen MR) is 180 cm³/mol. The van der Waals surface area contributed by atoms with E-state index in [2.05, 4.69) is 10.6 Å². The molecule has 3 atom stereocenters. The number of carbonyl (C=O) groups excluding carboxylic acids is 2. The molecule has 1 aliphatic heterocycles. The summed E-state index contributed by atoms with van der Waals surface area (Å²) in [4.78, 5) is 28.3. The van der Waals surface area contributed by atoms with Crippen LogP contribution in [0.1, 0.15) is 19.4 Å². The number of carbonyl (C=O) groups is 2. The third-order valence-electron chi connectivity index (χ3n) is 8.17. The Labute approximate surface area is 274 Å². The Bertz CT molecular complexity index is 1830. The third kappa shape index (κ3) is 7.45. The predicted octanol–water partition coefficient (Wildman–Crippen LogP) is 5.61. The van der Waals surface area contributed by atoms with Crippen molar-refractivity contribution in [1.29, 1.82) is 0 Å². The van der Waals surface area contributed by atoms with Crippen LogP contribution < -0.4 is 15.4 Å². The van der Waals surface area contributed by atoms with Crippen molar-refractivity contribution in [1.82, 2.24) is 9.21 Å². The lowest BCUT2D eigenvalue weighted by Crippen LogP contribution is -2.48. The van der Waals surface area contributed by atoms with Gasteiger partial charge in [0.1, 0.15) is 11.9 Å². The first-order valence-electron chi connectivity index (χ1n) is 14.9. The monoisotopic (exact) mass is 664 g/mol. The minimum Gasteiger partial charge on any atom is -0.488 e. The molecule has 0 saturated carbocycles.